The number of likely N-dealkylation sites (tertiary alicyclic amines) is 1. The van der Waals surface area contributed by atoms with E-state index >= 15 is 0 Å². The molecule has 1 atom stereocenters. The number of hydrogen-bond donors (Lipinski definition) is 1. The van der Waals surface area contributed by atoms with Gasteiger partial charge in [0.05, 0.1) is 11.6 Å². The lowest BCUT2D eigenvalue weighted by Gasteiger charge is -2.34. The van der Waals surface area contributed by atoms with E-state index in [1.54, 1.807) is 4.90 Å². The predicted molar refractivity (Wildman–Crippen MR) is 82.4 cm³/mol. The number of carboxylic acid groups (broad SMARTS) is 1. The van der Waals surface area contributed by atoms with E-state index in [-0.39, 0.29) is 6.04 Å². The van der Waals surface area contributed by atoms with E-state index < -0.39 is 6.09 Å². The number of hydrogen-bond acceptors (Lipinski definition) is 2. The highest BCUT2D eigenvalue weighted by atomic mass is 16.4. The van der Waals surface area contributed by atoms with Gasteiger partial charge in [-0.15, -0.1) is 0 Å². The highest BCUT2D eigenvalue weighted by molar-refractivity contribution is 5.83. The quantitative estimate of drug-likeness (QED) is 0.906. The molecule has 1 fully saturated rings. The number of para-hydroxylation sites is 1. The van der Waals surface area contributed by atoms with Gasteiger partial charge in [0.2, 0.25) is 0 Å². The lowest BCUT2D eigenvalue weighted by atomic mass is 9.93. The van der Waals surface area contributed by atoms with Crippen molar-refractivity contribution in [3.63, 3.8) is 0 Å². The molecule has 1 aromatic carbocycles. The molecule has 4 nitrogen and oxygen atoms in total. The lowest BCUT2D eigenvalue weighted by Crippen LogP contribution is -2.37. The Balaban J connectivity index is 2.08. The molecule has 1 aromatic heterocycles. The minimum Gasteiger partial charge on any atom is -0.465 e. The van der Waals surface area contributed by atoms with Gasteiger partial charge in [-0.3, -0.25) is 4.98 Å². The maximum Gasteiger partial charge on any atom is 0.407 e. The second-order valence-corrected chi connectivity index (χ2v) is 5.60. The molecular weight excluding hydrogens is 264 g/mol. The zero-order valence-corrected chi connectivity index (χ0v) is 12.2. The van der Waals surface area contributed by atoms with E-state index in [0.29, 0.717) is 6.54 Å². The SMILES string of the molecule is CCc1cnc2c(C3CCCCN3C(=O)O)cccc2c1. The Labute approximate surface area is 124 Å². The smallest absolute Gasteiger partial charge is 0.407 e. The van der Waals surface area contributed by atoms with E-state index in [1.807, 2.05) is 18.3 Å². The fraction of sp³-hybridized carbons (Fsp3) is 0.412. The summed E-state index contributed by atoms with van der Waals surface area (Å²) >= 11 is 0. The molecule has 1 aliphatic rings. The largest absolute Gasteiger partial charge is 0.465 e. The van der Waals surface area contributed by atoms with E-state index in [1.165, 1.54) is 5.56 Å². The van der Waals surface area contributed by atoms with Gasteiger partial charge in [0.15, 0.2) is 0 Å². The van der Waals surface area contributed by atoms with Crippen LogP contribution in [-0.4, -0.2) is 27.6 Å². The minimum atomic E-state index is -0.832. The first-order valence-electron chi connectivity index (χ1n) is 7.58. The summed E-state index contributed by atoms with van der Waals surface area (Å²) in [6.45, 7) is 2.73. The second kappa shape index (κ2) is 5.72. The minimum absolute atomic E-state index is 0.0695. The number of rotatable bonds is 2. The van der Waals surface area contributed by atoms with Crippen LogP contribution in [0.2, 0.25) is 0 Å². The van der Waals surface area contributed by atoms with Crippen molar-refractivity contribution < 1.29 is 9.90 Å². The van der Waals surface area contributed by atoms with Gasteiger partial charge in [-0.25, -0.2) is 4.79 Å². The maximum absolute atomic E-state index is 11.5. The molecule has 21 heavy (non-hydrogen) atoms. The Bertz CT molecular complexity index is 669. The Kier molecular flexibility index (Phi) is 3.78. The lowest BCUT2D eigenvalue weighted by molar-refractivity contribution is 0.107. The van der Waals surface area contributed by atoms with E-state index in [2.05, 4.69) is 24.0 Å². The number of amides is 1. The zero-order chi connectivity index (χ0) is 14.8. The topological polar surface area (TPSA) is 53.4 Å². The number of benzene rings is 1. The third kappa shape index (κ3) is 2.58. The summed E-state index contributed by atoms with van der Waals surface area (Å²) in [5.41, 5.74) is 3.18. The molecule has 2 heterocycles. The third-order valence-electron chi connectivity index (χ3n) is 4.31. The van der Waals surface area contributed by atoms with Crippen LogP contribution in [0.25, 0.3) is 10.9 Å². The molecule has 1 unspecified atom stereocenters. The Morgan fingerprint density at radius 3 is 3.05 bits per heavy atom. The molecule has 1 aliphatic heterocycles. The third-order valence-corrected chi connectivity index (χ3v) is 4.31. The summed E-state index contributed by atoms with van der Waals surface area (Å²) in [5.74, 6) is 0. The van der Waals surface area contributed by atoms with Gasteiger partial charge < -0.3 is 10.0 Å². The fourth-order valence-corrected chi connectivity index (χ4v) is 3.18. The molecule has 0 spiro atoms. The summed E-state index contributed by atoms with van der Waals surface area (Å²) in [7, 11) is 0. The summed E-state index contributed by atoms with van der Waals surface area (Å²) < 4.78 is 0. The van der Waals surface area contributed by atoms with Gasteiger partial charge in [-0.05, 0) is 37.3 Å². The first kappa shape index (κ1) is 13.9. The van der Waals surface area contributed by atoms with Crippen molar-refractivity contribution in [2.24, 2.45) is 0 Å². The highest BCUT2D eigenvalue weighted by Crippen LogP contribution is 2.34. The monoisotopic (exact) mass is 284 g/mol. The molecule has 1 amide bonds. The summed E-state index contributed by atoms with van der Waals surface area (Å²) in [4.78, 5) is 17.6. The molecule has 0 aliphatic carbocycles. The van der Waals surface area contributed by atoms with Crippen LogP contribution in [-0.2, 0) is 6.42 Å². The molecule has 3 rings (SSSR count). The highest BCUT2D eigenvalue weighted by Gasteiger charge is 2.29. The molecule has 0 saturated carbocycles. The molecule has 0 radical (unpaired) electrons. The van der Waals surface area contributed by atoms with E-state index in [0.717, 1.165) is 42.1 Å². The van der Waals surface area contributed by atoms with Crippen molar-refractivity contribution in [1.82, 2.24) is 9.88 Å². The zero-order valence-electron chi connectivity index (χ0n) is 12.2. The van der Waals surface area contributed by atoms with Crippen LogP contribution in [0.4, 0.5) is 4.79 Å². The summed E-state index contributed by atoms with van der Waals surface area (Å²) in [6.07, 6.45) is 4.92. The number of aromatic nitrogens is 1. The number of piperidine rings is 1. The molecule has 4 heteroatoms. The van der Waals surface area contributed by atoms with Gasteiger partial charge in [0.1, 0.15) is 0 Å². The van der Waals surface area contributed by atoms with Crippen molar-refractivity contribution in [2.75, 3.05) is 6.54 Å². The average Bonchev–Trinajstić information content (AvgIpc) is 2.53. The van der Waals surface area contributed by atoms with Gasteiger partial charge >= 0.3 is 6.09 Å². The normalized spacial score (nSPS) is 18.9. The first-order chi connectivity index (χ1) is 10.2. The Hall–Kier alpha value is -2.10. The summed E-state index contributed by atoms with van der Waals surface area (Å²) in [5, 5.41) is 10.5. The molecule has 0 bridgehead atoms. The Morgan fingerprint density at radius 1 is 1.43 bits per heavy atom. The number of nitrogens with zero attached hydrogens (tertiary/aromatic N) is 2. The molecular formula is C17H20N2O2. The van der Waals surface area contributed by atoms with Crippen LogP contribution in [0.15, 0.2) is 30.5 Å². The van der Waals surface area contributed by atoms with Crippen LogP contribution in [0.1, 0.15) is 43.4 Å². The van der Waals surface area contributed by atoms with Crippen LogP contribution < -0.4 is 0 Å². The van der Waals surface area contributed by atoms with Crippen LogP contribution >= 0.6 is 0 Å². The number of fused-ring (bicyclic) bond motifs is 1. The van der Waals surface area contributed by atoms with Crippen molar-refractivity contribution in [2.45, 2.75) is 38.6 Å². The maximum atomic E-state index is 11.5. The predicted octanol–water partition coefficient (Wildman–Crippen LogP) is 4.00. The second-order valence-electron chi connectivity index (χ2n) is 5.60. The van der Waals surface area contributed by atoms with Gasteiger partial charge in [-0.1, -0.05) is 25.1 Å². The van der Waals surface area contributed by atoms with Crippen LogP contribution in [0, 0.1) is 0 Å². The molecule has 1 saturated heterocycles. The van der Waals surface area contributed by atoms with Gasteiger partial charge in [0, 0.05) is 23.7 Å². The molecule has 1 N–H and O–H groups in total. The molecule has 2 aromatic rings. The standard InChI is InChI=1S/C17H20N2O2/c1-2-12-10-13-6-5-7-14(16(13)18-11-12)15-8-3-4-9-19(15)17(20)21/h5-7,10-11,15H,2-4,8-9H2,1H3,(H,20,21). The number of aryl methyl sites for hydroxylation is 1. The van der Waals surface area contributed by atoms with Gasteiger partial charge in [-0.2, -0.15) is 0 Å². The van der Waals surface area contributed by atoms with Crippen molar-refractivity contribution in [3.8, 4) is 0 Å². The van der Waals surface area contributed by atoms with Gasteiger partial charge in [0.25, 0.3) is 0 Å². The fourth-order valence-electron chi connectivity index (χ4n) is 3.18. The Morgan fingerprint density at radius 2 is 2.29 bits per heavy atom. The van der Waals surface area contributed by atoms with Crippen LogP contribution in [0.5, 0.6) is 0 Å². The van der Waals surface area contributed by atoms with Crippen LogP contribution in [0.3, 0.4) is 0 Å². The number of carbonyl (C=O) groups is 1. The average molecular weight is 284 g/mol. The summed E-state index contributed by atoms with van der Waals surface area (Å²) in [6, 6.07) is 8.17. The first-order valence-corrected chi connectivity index (χ1v) is 7.58. The van der Waals surface area contributed by atoms with Crippen molar-refractivity contribution in [1.29, 1.82) is 0 Å². The van der Waals surface area contributed by atoms with E-state index in [9.17, 15) is 9.90 Å². The molecule has 110 valence electrons. The van der Waals surface area contributed by atoms with Crippen molar-refractivity contribution in [3.05, 3.63) is 41.6 Å². The number of pyridine rings is 1. The van der Waals surface area contributed by atoms with Crippen molar-refractivity contribution >= 4 is 17.0 Å². The van der Waals surface area contributed by atoms with E-state index in [4.69, 9.17) is 0 Å².